The highest BCUT2D eigenvalue weighted by atomic mass is 16.1. The summed E-state index contributed by atoms with van der Waals surface area (Å²) in [6.07, 6.45) is 5.90. The van der Waals surface area contributed by atoms with E-state index in [1.165, 1.54) is 0 Å². The van der Waals surface area contributed by atoms with E-state index in [4.69, 9.17) is 11.5 Å². The van der Waals surface area contributed by atoms with Gasteiger partial charge in [0.25, 0.3) is 5.91 Å². The van der Waals surface area contributed by atoms with Crippen LogP contribution in [0.2, 0.25) is 0 Å². The molecule has 5 N–H and O–H groups in total. The Bertz CT molecular complexity index is 780. The Kier molecular flexibility index (Phi) is 4.00. The molecule has 2 aromatic rings. The van der Waals surface area contributed by atoms with Gasteiger partial charge in [-0.2, -0.15) is 0 Å². The lowest BCUT2D eigenvalue weighted by Crippen LogP contribution is -2.38. The summed E-state index contributed by atoms with van der Waals surface area (Å²) < 4.78 is 0. The summed E-state index contributed by atoms with van der Waals surface area (Å²) in [7, 11) is 0. The SMILES string of the molecule is Nc1ccccc1C1(N)C=CC=C(C(=O)Nc2ccccc2)C1. The molecule has 0 fully saturated rings. The topological polar surface area (TPSA) is 81.1 Å². The van der Waals surface area contributed by atoms with Gasteiger partial charge in [0.1, 0.15) is 0 Å². The minimum Gasteiger partial charge on any atom is -0.398 e. The molecule has 0 bridgehead atoms. The highest BCUT2D eigenvalue weighted by Crippen LogP contribution is 2.34. The van der Waals surface area contributed by atoms with Crippen molar-refractivity contribution in [3.05, 3.63) is 84.0 Å². The van der Waals surface area contributed by atoms with Crippen LogP contribution in [0.5, 0.6) is 0 Å². The molecule has 0 radical (unpaired) electrons. The molecule has 0 saturated carbocycles. The Labute approximate surface area is 135 Å². The second kappa shape index (κ2) is 6.10. The molecule has 0 aromatic heterocycles. The van der Waals surface area contributed by atoms with Crippen LogP contribution < -0.4 is 16.8 Å². The number of carbonyl (C=O) groups excluding carboxylic acids is 1. The molecule has 23 heavy (non-hydrogen) atoms. The summed E-state index contributed by atoms with van der Waals surface area (Å²) in [5, 5.41) is 2.89. The molecule has 4 nitrogen and oxygen atoms in total. The van der Waals surface area contributed by atoms with Crippen molar-refractivity contribution in [1.29, 1.82) is 0 Å². The monoisotopic (exact) mass is 305 g/mol. The molecule has 0 saturated heterocycles. The third-order valence-electron chi connectivity index (χ3n) is 3.96. The van der Waals surface area contributed by atoms with Gasteiger partial charge in [-0.1, -0.05) is 54.6 Å². The number of benzene rings is 2. The number of nitrogen functional groups attached to an aromatic ring is 1. The van der Waals surface area contributed by atoms with E-state index in [2.05, 4.69) is 5.32 Å². The van der Waals surface area contributed by atoms with Crippen LogP contribution >= 0.6 is 0 Å². The standard InChI is InChI=1S/C19H19N3O/c20-17-11-5-4-10-16(17)19(21)12-6-7-14(13-19)18(23)22-15-8-2-1-3-9-15/h1-12H,13,20-21H2,(H,22,23). The van der Waals surface area contributed by atoms with Crippen LogP contribution in [-0.4, -0.2) is 5.91 Å². The van der Waals surface area contributed by atoms with Crippen LogP contribution in [0.15, 0.2) is 78.4 Å². The minimum atomic E-state index is -0.774. The second-order valence-electron chi connectivity index (χ2n) is 5.68. The van der Waals surface area contributed by atoms with Crippen LogP contribution in [0.1, 0.15) is 12.0 Å². The van der Waals surface area contributed by atoms with Gasteiger partial charge in [-0.25, -0.2) is 0 Å². The smallest absolute Gasteiger partial charge is 0.251 e. The first kappa shape index (κ1) is 15.1. The largest absolute Gasteiger partial charge is 0.398 e. The van der Waals surface area contributed by atoms with Gasteiger partial charge in [-0.3, -0.25) is 4.79 Å². The fourth-order valence-electron chi connectivity index (χ4n) is 2.76. The predicted octanol–water partition coefficient (Wildman–Crippen LogP) is 2.95. The normalized spacial score (nSPS) is 20.0. The first-order valence-corrected chi connectivity index (χ1v) is 7.47. The van der Waals surface area contributed by atoms with Crippen molar-refractivity contribution in [3.8, 4) is 0 Å². The van der Waals surface area contributed by atoms with Gasteiger partial charge in [-0.05, 0) is 23.8 Å². The molecule has 116 valence electrons. The predicted molar refractivity (Wildman–Crippen MR) is 93.6 cm³/mol. The number of hydrogen-bond donors (Lipinski definition) is 3. The van der Waals surface area contributed by atoms with Crippen LogP contribution in [0, 0.1) is 0 Å². The number of carbonyl (C=O) groups is 1. The van der Waals surface area contributed by atoms with E-state index in [1.807, 2.05) is 66.7 Å². The van der Waals surface area contributed by atoms with E-state index in [1.54, 1.807) is 6.08 Å². The Balaban J connectivity index is 1.81. The number of anilines is 2. The van der Waals surface area contributed by atoms with E-state index in [-0.39, 0.29) is 5.91 Å². The molecule has 1 aliphatic carbocycles. The highest BCUT2D eigenvalue weighted by Gasteiger charge is 2.31. The first-order valence-electron chi connectivity index (χ1n) is 7.47. The molecule has 2 aromatic carbocycles. The summed E-state index contributed by atoms with van der Waals surface area (Å²) in [5.74, 6) is -0.148. The van der Waals surface area contributed by atoms with Crippen molar-refractivity contribution in [1.82, 2.24) is 0 Å². The summed E-state index contributed by atoms with van der Waals surface area (Å²) in [4.78, 5) is 12.5. The minimum absolute atomic E-state index is 0.148. The zero-order chi connectivity index (χ0) is 16.3. The molecular weight excluding hydrogens is 286 g/mol. The van der Waals surface area contributed by atoms with Crippen LogP contribution in [-0.2, 0) is 10.3 Å². The number of hydrogen-bond acceptors (Lipinski definition) is 3. The van der Waals surface area contributed by atoms with Gasteiger partial charge in [0.05, 0.1) is 5.54 Å². The summed E-state index contributed by atoms with van der Waals surface area (Å²) in [6.45, 7) is 0. The maximum Gasteiger partial charge on any atom is 0.251 e. The summed E-state index contributed by atoms with van der Waals surface area (Å²) in [6, 6.07) is 16.8. The molecule has 3 rings (SSSR count). The van der Waals surface area contributed by atoms with Gasteiger partial charge in [0.15, 0.2) is 0 Å². The van der Waals surface area contributed by atoms with Crippen molar-refractivity contribution < 1.29 is 4.79 Å². The Hall–Kier alpha value is -2.85. The number of para-hydroxylation sites is 2. The lowest BCUT2D eigenvalue weighted by molar-refractivity contribution is -0.113. The van der Waals surface area contributed by atoms with E-state index in [9.17, 15) is 4.79 Å². The first-order chi connectivity index (χ1) is 11.1. The zero-order valence-corrected chi connectivity index (χ0v) is 12.7. The number of amides is 1. The molecule has 1 amide bonds. The summed E-state index contributed by atoms with van der Waals surface area (Å²) in [5.41, 5.74) is 14.6. The Morgan fingerprint density at radius 2 is 1.74 bits per heavy atom. The highest BCUT2D eigenvalue weighted by molar-refractivity contribution is 6.04. The zero-order valence-electron chi connectivity index (χ0n) is 12.7. The van der Waals surface area contributed by atoms with Crippen LogP contribution in [0.4, 0.5) is 11.4 Å². The molecule has 4 heteroatoms. The van der Waals surface area contributed by atoms with Gasteiger partial charge >= 0.3 is 0 Å². The van der Waals surface area contributed by atoms with E-state index in [0.717, 1.165) is 11.3 Å². The van der Waals surface area contributed by atoms with Crippen molar-refractivity contribution in [3.63, 3.8) is 0 Å². The van der Waals surface area contributed by atoms with Gasteiger partial charge in [0.2, 0.25) is 0 Å². The third kappa shape index (κ3) is 3.17. The molecule has 1 atom stereocenters. The fourth-order valence-corrected chi connectivity index (χ4v) is 2.76. The molecular formula is C19H19N3O. The number of nitrogens with one attached hydrogen (secondary N) is 1. The molecule has 0 aliphatic heterocycles. The molecule has 1 aliphatic rings. The number of nitrogens with two attached hydrogens (primary N) is 2. The maximum atomic E-state index is 12.5. The van der Waals surface area contributed by atoms with Crippen molar-refractivity contribution in [2.24, 2.45) is 5.73 Å². The molecule has 0 heterocycles. The summed E-state index contributed by atoms with van der Waals surface area (Å²) >= 11 is 0. The lowest BCUT2D eigenvalue weighted by atomic mass is 9.80. The van der Waals surface area contributed by atoms with Gasteiger partial charge in [-0.15, -0.1) is 0 Å². The third-order valence-corrected chi connectivity index (χ3v) is 3.96. The average Bonchev–Trinajstić information content (AvgIpc) is 2.56. The number of rotatable bonds is 3. The Morgan fingerprint density at radius 1 is 1.04 bits per heavy atom. The Morgan fingerprint density at radius 3 is 2.48 bits per heavy atom. The van der Waals surface area contributed by atoms with Crippen molar-refractivity contribution in [2.75, 3.05) is 11.1 Å². The van der Waals surface area contributed by atoms with Crippen LogP contribution in [0.25, 0.3) is 0 Å². The van der Waals surface area contributed by atoms with E-state index in [0.29, 0.717) is 17.7 Å². The quantitative estimate of drug-likeness (QED) is 0.763. The van der Waals surface area contributed by atoms with E-state index >= 15 is 0 Å². The lowest BCUT2D eigenvalue weighted by Gasteiger charge is -2.30. The van der Waals surface area contributed by atoms with Gasteiger partial charge in [0, 0.05) is 23.4 Å². The van der Waals surface area contributed by atoms with Crippen molar-refractivity contribution in [2.45, 2.75) is 12.0 Å². The molecule has 1 unspecified atom stereocenters. The van der Waals surface area contributed by atoms with Crippen molar-refractivity contribution >= 4 is 17.3 Å². The van der Waals surface area contributed by atoms with Gasteiger partial charge < -0.3 is 16.8 Å². The average molecular weight is 305 g/mol. The fraction of sp³-hybridized carbons (Fsp3) is 0.105. The van der Waals surface area contributed by atoms with Crippen LogP contribution in [0.3, 0.4) is 0 Å². The molecule has 0 spiro atoms. The number of allylic oxidation sites excluding steroid dienone is 2. The second-order valence-corrected chi connectivity index (χ2v) is 5.68. The van der Waals surface area contributed by atoms with E-state index < -0.39 is 5.54 Å². The maximum absolute atomic E-state index is 12.5.